The number of ether oxygens (including phenoxy) is 1. The van der Waals surface area contributed by atoms with Crippen LogP contribution in [0.15, 0.2) is 85.2 Å². The molecule has 0 saturated carbocycles. The number of nitrogens with zero attached hydrogens (tertiary/aromatic N) is 2. The standard InChI is InChI=1S/C37H42N4O5/c1-36(2,3)23-46-30-17-13-25(14-18-30)28-20-38-33(39-21-28)26-9-7-24(8-10-26)19-31(35(45)40-22-32(42)43)41-34(44)27-11-15-29(16-12-27)37(4,5)6/h7-18,20-21,31H,19,22-23H2,1-6H3,(H,40,45)(H,41,44)(H,42,43). The third kappa shape index (κ3) is 9.72. The Labute approximate surface area is 270 Å². The number of carbonyl (C=O) groups is 3. The number of hydrogen-bond donors (Lipinski definition) is 3. The number of rotatable bonds is 11. The van der Waals surface area contributed by atoms with Crippen molar-refractivity contribution in [2.24, 2.45) is 5.41 Å². The lowest BCUT2D eigenvalue weighted by Gasteiger charge is -2.20. The quantitative estimate of drug-likeness (QED) is 0.185. The number of aliphatic carboxylic acids is 1. The van der Waals surface area contributed by atoms with E-state index in [0.29, 0.717) is 18.0 Å². The zero-order chi connectivity index (χ0) is 33.5. The van der Waals surface area contributed by atoms with E-state index in [0.717, 1.165) is 33.6 Å². The molecule has 240 valence electrons. The molecule has 0 bridgehead atoms. The van der Waals surface area contributed by atoms with Crippen LogP contribution in [0.25, 0.3) is 22.5 Å². The van der Waals surface area contributed by atoms with Crippen LogP contribution in [-0.2, 0) is 21.4 Å². The van der Waals surface area contributed by atoms with Crippen molar-refractivity contribution >= 4 is 17.8 Å². The first-order valence-electron chi connectivity index (χ1n) is 15.2. The molecule has 4 aromatic rings. The maximum atomic E-state index is 13.1. The van der Waals surface area contributed by atoms with Gasteiger partial charge < -0.3 is 20.5 Å². The van der Waals surface area contributed by atoms with Crippen LogP contribution in [0, 0.1) is 5.41 Å². The predicted molar refractivity (Wildman–Crippen MR) is 179 cm³/mol. The van der Waals surface area contributed by atoms with Gasteiger partial charge in [-0.2, -0.15) is 0 Å². The number of nitrogens with one attached hydrogen (secondary N) is 2. The Balaban J connectivity index is 1.43. The number of benzene rings is 3. The lowest BCUT2D eigenvalue weighted by atomic mass is 9.86. The fourth-order valence-corrected chi connectivity index (χ4v) is 4.55. The van der Waals surface area contributed by atoms with Crippen molar-refractivity contribution in [3.05, 3.63) is 102 Å². The van der Waals surface area contributed by atoms with Crippen LogP contribution < -0.4 is 15.4 Å². The van der Waals surface area contributed by atoms with Crippen LogP contribution >= 0.6 is 0 Å². The molecule has 1 heterocycles. The van der Waals surface area contributed by atoms with E-state index in [1.165, 1.54) is 0 Å². The summed E-state index contributed by atoms with van der Waals surface area (Å²) in [6.45, 7) is 12.7. The van der Waals surface area contributed by atoms with E-state index in [4.69, 9.17) is 9.84 Å². The van der Waals surface area contributed by atoms with Crippen molar-refractivity contribution in [2.45, 2.75) is 59.4 Å². The first-order chi connectivity index (χ1) is 21.7. The van der Waals surface area contributed by atoms with Crippen LogP contribution in [0.5, 0.6) is 5.75 Å². The predicted octanol–water partition coefficient (Wildman–Crippen LogP) is 6.07. The molecular formula is C37H42N4O5. The van der Waals surface area contributed by atoms with E-state index in [9.17, 15) is 14.4 Å². The highest BCUT2D eigenvalue weighted by Crippen LogP contribution is 2.25. The molecule has 0 spiro atoms. The van der Waals surface area contributed by atoms with Gasteiger partial charge in [-0.05, 0) is 51.8 Å². The van der Waals surface area contributed by atoms with E-state index >= 15 is 0 Å². The van der Waals surface area contributed by atoms with Crippen molar-refractivity contribution in [1.82, 2.24) is 20.6 Å². The summed E-state index contributed by atoms with van der Waals surface area (Å²) in [5.74, 6) is -0.823. The molecule has 0 aliphatic rings. The topological polar surface area (TPSA) is 131 Å². The Hall–Kier alpha value is -5.05. The highest BCUT2D eigenvalue weighted by atomic mass is 16.5. The molecule has 3 N–H and O–H groups in total. The number of hydrogen-bond acceptors (Lipinski definition) is 6. The molecule has 0 aliphatic heterocycles. The molecule has 0 radical (unpaired) electrons. The molecule has 4 rings (SSSR count). The number of carboxylic acids is 1. The third-order valence-corrected chi connectivity index (χ3v) is 7.21. The molecular weight excluding hydrogens is 580 g/mol. The molecule has 1 unspecified atom stereocenters. The van der Waals surface area contributed by atoms with E-state index in [-0.39, 0.29) is 17.3 Å². The Bertz CT molecular complexity index is 1640. The second kappa shape index (κ2) is 14.4. The van der Waals surface area contributed by atoms with Crippen LogP contribution in [-0.4, -0.2) is 52.1 Å². The van der Waals surface area contributed by atoms with E-state index in [2.05, 4.69) is 62.1 Å². The lowest BCUT2D eigenvalue weighted by molar-refractivity contribution is -0.138. The Kier molecular flexibility index (Phi) is 10.6. The van der Waals surface area contributed by atoms with Crippen molar-refractivity contribution in [3.63, 3.8) is 0 Å². The minimum absolute atomic E-state index is 0.0681. The van der Waals surface area contributed by atoms with Gasteiger partial charge in [0, 0.05) is 35.5 Å². The monoisotopic (exact) mass is 622 g/mol. The van der Waals surface area contributed by atoms with E-state index in [1.54, 1.807) is 24.5 Å². The zero-order valence-electron chi connectivity index (χ0n) is 27.3. The fourth-order valence-electron chi connectivity index (χ4n) is 4.55. The van der Waals surface area contributed by atoms with Crippen molar-refractivity contribution in [3.8, 4) is 28.3 Å². The van der Waals surface area contributed by atoms with Crippen LogP contribution in [0.2, 0.25) is 0 Å². The zero-order valence-corrected chi connectivity index (χ0v) is 27.3. The van der Waals surface area contributed by atoms with Crippen LogP contribution in [0.1, 0.15) is 63.0 Å². The SMILES string of the molecule is CC(C)(C)COc1ccc(-c2cnc(-c3ccc(CC(NC(=O)c4ccc(C(C)(C)C)cc4)C(=O)NCC(=O)O)cc3)nc2)cc1. The number of aromatic nitrogens is 2. The number of amides is 2. The molecule has 9 heteroatoms. The maximum absolute atomic E-state index is 13.1. The van der Waals surface area contributed by atoms with Gasteiger partial charge in [-0.15, -0.1) is 0 Å². The maximum Gasteiger partial charge on any atom is 0.322 e. The van der Waals surface area contributed by atoms with Crippen molar-refractivity contribution < 1.29 is 24.2 Å². The summed E-state index contributed by atoms with van der Waals surface area (Å²) < 4.78 is 5.86. The van der Waals surface area contributed by atoms with Gasteiger partial charge in [-0.1, -0.05) is 90.1 Å². The van der Waals surface area contributed by atoms with Gasteiger partial charge in [0.1, 0.15) is 18.3 Å². The highest BCUT2D eigenvalue weighted by molar-refractivity contribution is 5.98. The van der Waals surface area contributed by atoms with Gasteiger partial charge in [0.15, 0.2) is 5.82 Å². The van der Waals surface area contributed by atoms with Gasteiger partial charge in [0.2, 0.25) is 5.91 Å². The van der Waals surface area contributed by atoms with Gasteiger partial charge in [-0.25, -0.2) is 9.97 Å². The second-order valence-electron chi connectivity index (χ2n) is 13.5. The fraction of sp³-hybridized carbons (Fsp3) is 0.324. The minimum atomic E-state index is -1.17. The van der Waals surface area contributed by atoms with Gasteiger partial charge >= 0.3 is 5.97 Å². The Morgan fingerprint density at radius 1 is 0.783 bits per heavy atom. The molecule has 1 aromatic heterocycles. The summed E-state index contributed by atoms with van der Waals surface area (Å²) in [4.78, 5) is 46.2. The third-order valence-electron chi connectivity index (χ3n) is 7.21. The van der Waals surface area contributed by atoms with Crippen LogP contribution in [0.4, 0.5) is 0 Å². The van der Waals surface area contributed by atoms with Gasteiger partial charge in [0.25, 0.3) is 5.91 Å². The molecule has 46 heavy (non-hydrogen) atoms. The summed E-state index contributed by atoms with van der Waals surface area (Å²) in [5.41, 5.74) is 4.91. The molecule has 2 amide bonds. The second-order valence-corrected chi connectivity index (χ2v) is 13.5. The molecule has 3 aromatic carbocycles. The van der Waals surface area contributed by atoms with Crippen molar-refractivity contribution in [2.75, 3.05) is 13.2 Å². The molecule has 0 saturated heterocycles. The molecule has 1 atom stereocenters. The normalized spacial score (nSPS) is 12.2. The van der Waals surface area contributed by atoms with Crippen molar-refractivity contribution in [1.29, 1.82) is 0 Å². The summed E-state index contributed by atoms with van der Waals surface area (Å²) in [6, 6.07) is 21.5. The minimum Gasteiger partial charge on any atom is -0.493 e. The summed E-state index contributed by atoms with van der Waals surface area (Å²) in [7, 11) is 0. The molecule has 0 fully saturated rings. The first-order valence-corrected chi connectivity index (χ1v) is 15.2. The van der Waals surface area contributed by atoms with E-state index in [1.807, 2.05) is 60.7 Å². The van der Waals surface area contributed by atoms with Crippen LogP contribution in [0.3, 0.4) is 0 Å². The molecule has 9 nitrogen and oxygen atoms in total. The largest absolute Gasteiger partial charge is 0.493 e. The van der Waals surface area contributed by atoms with E-state index < -0.39 is 30.4 Å². The molecule has 0 aliphatic carbocycles. The van der Waals surface area contributed by atoms with Gasteiger partial charge in [0.05, 0.1) is 6.61 Å². The Morgan fingerprint density at radius 3 is 1.91 bits per heavy atom. The summed E-state index contributed by atoms with van der Waals surface area (Å²) in [6.07, 6.45) is 3.70. The summed E-state index contributed by atoms with van der Waals surface area (Å²) >= 11 is 0. The number of carboxylic acid groups (broad SMARTS) is 1. The average Bonchev–Trinajstić information content (AvgIpc) is 3.02. The lowest BCUT2D eigenvalue weighted by Crippen LogP contribution is -2.49. The highest BCUT2D eigenvalue weighted by Gasteiger charge is 2.23. The Morgan fingerprint density at radius 2 is 1.37 bits per heavy atom. The first kappa shape index (κ1) is 33.8. The summed E-state index contributed by atoms with van der Waals surface area (Å²) in [5, 5.41) is 14.2. The number of carbonyl (C=O) groups excluding carboxylic acids is 2. The smallest absolute Gasteiger partial charge is 0.322 e. The van der Waals surface area contributed by atoms with Gasteiger partial charge in [-0.3, -0.25) is 14.4 Å². The average molecular weight is 623 g/mol.